The Morgan fingerprint density at radius 3 is 2.55 bits per heavy atom. The van der Waals surface area contributed by atoms with Crippen molar-refractivity contribution in [1.82, 2.24) is 4.98 Å². The van der Waals surface area contributed by atoms with Gasteiger partial charge in [0.1, 0.15) is 5.75 Å². The first kappa shape index (κ1) is 22.0. The van der Waals surface area contributed by atoms with Crippen LogP contribution in [0.1, 0.15) is 30.7 Å². The van der Waals surface area contributed by atoms with E-state index in [-0.39, 0.29) is 12.5 Å². The molecule has 3 aromatic rings. The predicted molar refractivity (Wildman–Crippen MR) is 127 cm³/mol. The zero-order valence-corrected chi connectivity index (χ0v) is 20.3. The van der Waals surface area contributed by atoms with Gasteiger partial charge in [-0.05, 0) is 58.6 Å². The third kappa shape index (κ3) is 5.90. The molecule has 0 bridgehead atoms. The molecule has 0 aliphatic heterocycles. The van der Waals surface area contributed by atoms with E-state index in [1.54, 1.807) is 0 Å². The van der Waals surface area contributed by atoms with Crippen LogP contribution in [0.15, 0.2) is 51.4 Å². The average molecular weight is 538 g/mol. The smallest absolute Gasteiger partial charge is 0.264 e. The quantitative estimate of drug-likeness (QED) is 0.341. The van der Waals surface area contributed by atoms with E-state index in [0.29, 0.717) is 10.9 Å². The summed E-state index contributed by atoms with van der Waals surface area (Å²) in [4.78, 5) is 18.1. The number of hydrogen-bond acceptors (Lipinski definition) is 4. The van der Waals surface area contributed by atoms with Crippen LogP contribution in [0.2, 0.25) is 0 Å². The van der Waals surface area contributed by atoms with Gasteiger partial charge in [-0.1, -0.05) is 54.4 Å². The maximum atomic E-state index is 12.4. The molecule has 3 rings (SSSR count). The number of benzene rings is 2. The Hall–Kier alpha value is -1.70. The molecule has 0 spiro atoms. The molecule has 1 heterocycles. The van der Waals surface area contributed by atoms with Gasteiger partial charge < -0.3 is 4.74 Å². The van der Waals surface area contributed by atoms with Gasteiger partial charge in [-0.15, -0.1) is 11.3 Å². The Morgan fingerprint density at radius 1 is 1.14 bits per heavy atom. The number of nitrogens with zero attached hydrogens (tertiary/aromatic N) is 1. The fraction of sp³-hybridized carbons (Fsp3) is 0.273. The molecule has 7 heteroatoms. The second kappa shape index (κ2) is 10.4. The number of ether oxygens (including phenoxy) is 1. The monoisotopic (exact) mass is 536 g/mol. The highest BCUT2D eigenvalue weighted by Gasteiger charge is 2.14. The molecule has 0 aliphatic carbocycles. The number of amides is 1. The molecule has 2 aromatic carbocycles. The third-order valence-corrected chi connectivity index (χ3v) is 6.54. The van der Waals surface area contributed by atoms with E-state index < -0.39 is 0 Å². The van der Waals surface area contributed by atoms with Crippen molar-refractivity contribution in [2.24, 2.45) is 0 Å². The van der Waals surface area contributed by atoms with Crippen LogP contribution in [-0.4, -0.2) is 17.5 Å². The molecular formula is C22H22Br2N2O2S. The number of carbonyl (C=O) groups excluding carboxylic acids is 1. The van der Waals surface area contributed by atoms with E-state index >= 15 is 0 Å². The number of hydrogen-bond donors (Lipinski definition) is 1. The van der Waals surface area contributed by atoms with Gasteiger partial charge >= 0.3 is 0 Å². The molecule has 0 saturated heterocycles. The molecule has 0 unspecified atom stereocenters. The first-order valence-electron chi connectivity index (χ1n) is 9.46. The van der Waals surface area contributed by atoms with Crippen molar-refractivity contribution in [3.63, 3.8) is 0 Å². The largest absolute Gasteiger partial charge is 0.483 e. The Morgan fingerprint density at radius 2 is 1.90 bits per heavy atom. The first-order chi connectivity index (χ1) is 14.0. The zero-order chi connectivity index (χ0) is 20.8. The molecule has 29 heavy (non-hydrogen) atoms. The molecule has 0 aliphatic rings. The highest BCUT2D eigenvalue weighted by Crippen LogP contribution is 2.32. The highest BCUT2D eigenvalue weighted by molar-refractivity contribution is 9.10. The van der Waals surface area contributed by atoms with Gasteiger partial charge in [0, 0.05) is 14.9 Å². The van der Waals surface area contributed by atoms with E-state index in [9.17, 15) is 4.79 Å². The average Bonchev–Trinajstić information content (AvgIpc) is 3.11. The molecule has 4 nitrogen and oxygen atoms in total. The minimum atomic E-state index is -0.228. The third-order valence-electron chi connectivity index (χ3n) is 4.28. The summed E-state index contributed by atoms with van der Waals surface area (Å²) < 4.78 is 7.56. The van der Waals surface area contributed by atoms with Gasteiger partial charge in [0.25, 0.3) is 5.91 Å². The second-order valence-corrected chi connectivity index (χ2v) is 9.36. The summed E-state index contributed by atoms with van der Waals surface area (Å²) in [5.41, 5.74) is 3.19. The van der Waals surface area contributed by atoms with Gasteiger partial charge in [-0.3, -0.25) is 10.1 Å². The summed E-state index contributed by atoms with van der Waals surface area (Å²) in [6.45, 7) is 4.16. The lowest BCUT2D eigenvalue weighted by atomic mass is 10.1. The number of aryl methyl sites for hydroxylation is 2. The van der Waals surface area contributed by atoms with Crippen molar-refractivity contribution in [2.45, 2.75) is 33.1 Å². The number of halogens is 2. The summed E-state index contributed by atoms with van der Waals surface area (Å²) in [7, 11) is 0. The first-order valence-corrected chi connectivity index (χ1v) is 11.9. The van der Waals surface area contributed by atoms with Crippen LogP contribution in [0.25, 0.3) is 11.3 Å². The van der Waals surface area contributed by atoms with Crippen LogP contribution < -0.4 is 10.1 Å². The van der Waals surface area contributed by atoms with E-state index in [4.69, 9.17) is 4.74 Å². The molecule has 0 radical (unpaired) electrons. The van der Waals surface area contributed by atoms with E-state index in [1.165, 1.54) is 16.9 Å². The highest BCUT2D eigenvalue weighted by atomic mass is 79.9. The number of carbonyl (C=O) groups is 1. The molecule has 1 N–H and O–H groups in total. The topological polar surface area (TPSA) is 51.2 Å². The molecule has 0 fully saturated rings. The lowest BCUT2D eigenvalue weighted by molar-refractivity contribution is -0.118. The zero-order valence-electron chi connectivity index (χ0n) is 16.3. The fourth-order valence-electron chi connectivity index (χ4n) is 2.88. The summed E-state index contributed by atoms with van der Waals surface area (Å²) in [6, 6.07) is 14.0. The summed E-state index contributed by atoms with van der Waals surface area (Å²) in [6.07, 6.45) is 2.96. The Bertz CT molecular complexity index is 987. The molecule has 0 saturated carbocycles. The summed E-state index contributed by atoms with van der Waals surface area (Å²) in [5.74, 6) is 0.428. The van der Waals surface area contributed by atoms with Crippen molar-refractivity contribution < 1.29 is 9.53 Å². The van der Waals surface area contributed by atoms with Crippen LogP contribution in [-0.2, 0) is 17.6 Å². The van der Waals surface area contributed by atoms with E-state index in [2.05, 4.69) is 56.0 Å². The normalized spacial score (nSPS) is 10.8. The minimum Gasteiger partial charge on any atom is -0.483 e. The van der Waals surface area contributed by atoms with Crippen LogP contribution in [0.3, 0.4) is 0 Å². The van der Waals surface area contributed by atoms with Crippen molar-refractivity contribution in [3.05, 3.63) is 61.9 Å². The second-order valence-electron chi connectivity index (χ2n) is 6.50. The van der Waals surface area contributed by atoms with Gasteiger partial charge in [-0.2, -0.15) is 0 Å². The number of thiazole rings is 1. The number of anilines is 1. The van der Waals surface area contributed by atoms with E-state index in [1.807, 2.05) is 42.5 Å². The minimum absolute atomic E-state index is 0.0691. The van der Waals surface area contributed by atoms with Gasteiger partial charge in [0.2, 0.25) is 0 Å². The van der Waals surface area contributed by atoms with Gasteiger partial charge in [-0.25, -0.2) is 4.98 Å². The maximum Gasteiger partial charge on any atom is 0.264 e. The number of rotatable bonds is 8. The Kier molecular flexibility index (Phi) is 7.86. The number of aromatic nitrogens is 1. The SMILES string of the molecule is CCCc1ccc(OCC(=O)Nc2nc(-c3ccc(Br)cc3)c(CC)s2)c(Br)c1. The predicted octanol–water partition coefficient (Wildman–Crippen LogP) is 6.87. The summed E-state index contributed by atoms with van der Waals surface area (Å²) in [5, 5.41) is 3.45. The lowest BCUT2D eigenvalue weighted by Crippen LogP contribution is -2.20. The van der Waals surface area contributed by atoms with Crippen LogP contribution in [0.4, 0.5) is 5.13 Å². The Labute approximate surface area is 192 Å². The molecular weight excluding hydrogens is 516 g/mol. The molecule has 152 valence electrons. The lowest BCUT2D eigenvalue weighted by Gasteiger charge is -2.09. The molecule has 1 amide bonds. The van der Waals surface area contributed by atoms with Crippen LogP contribution >= 0.6 is 43.2 Å². The van der Waals surface area contributed by atoms with E-state index in [0.717, 1.165) is 44.3 Å². The van der Waals surface area contributed by atoms with Crippen molar-refractivity contribution in [1.29, 1.82) is 0 Å². The van der Waals surface area contributed by atoms with Crippen molar-refractivity contribution in [2.75, 3.05) is 11.9 Å². The van der Waals surface area contributed by atoms with Crippen LogP contribution in [0.5, 0.6) is 5.75 Å². The van der Waals surface area contributed by atoms with Gasteiger partial charge in [0.15, 0.2) is 11.7 Å². The standard InChI is InChI=1S/C22H22Br2N2O2S/c1-3-5-14-6-11-18(17(24)12-14)28-13-20(27)25-22-26-21(19(4-2)29-22)15-7-9-16(23)10-8-15/h6-12H,3-5,13H2,1-2H3,(H,25,26,27). The molecule has 0 atom stereocenters. The van der Waals surface area contributed by atoms with Crippen LogP contribution in [0, 0.1) is 0 Å². The maximum absolute atomic E-state index is 12.4. The van der Waals surface area contributed by atoms with Crippen molar-refractivity contribution in [3.8, 4) is 17.0 Å². The number of nitrogens with one attached hydrogen (secondary N) is 1. The molecule has 1 aromatic heterocycles. The fourth-order valence-corrected chi connectivity index (χ4v) is 4.63. The Balaban J connectivity index is 1.64. The van der Waals surface area contributed by atoms with Gasteiger partial charge in [0.05, 0.1) is 10.2 Å². The van der Waals surface area contributed by atoms with Crippen molar-refractivity contribution >= 4 is 54.2 Å². The summed E-state index contributed by atoms with van der Waals surface area (Å²) >= 11 is 8.47.